The summed E-state index contributed by atoms with van der Waals surface area (Å²) in [6, 6.07) is 6.39. The zero-order valence-electron chi connectivity index (χ0n) is 16.2. The van der Waals surface area contributed by atoms with Crippen LogP contribution in [-0.2, 0) is 17.5 Å². The molecule has 0 bridgehead atoms. The molecule has 0 aliphatic carbocycles. The summed E-state index contributed by atoms with van der Waals surface area (Å²) in [5.41, 5.74) is 0.308. The van der Waals surface area contributed by atoms with E-state index >= 15 is 0 Å². The zero-order chi connectivity index (χ0) is 21.9. The summed E-state index contributed by atoms with van der Waals surface area (Å²) in [6.45, 7) is 3.88. The molecule has 1 aromatic carbocycles. The molecule has 7 nitrogen and oxygen atoms in total. The van der Waals surface area contributed by atoms with Crippen molar-refractivity contribution in [3.63, 3.8) is 0 Å². The van der Waals surface area contributed by atoms with Gasteiger partial charge in [-0.3, -0.25) is 14.3 Å². The van der Waals surface area contributed by atoms with Gasteiger partial charge in [-0.15, -0.1) is 0 Å². The molecule has 2 N–H and O–H groups in total. The SMILES string of the molecule is Cc1cc(C)n(CCC(=O)Nc2ccc(NC(=O)c3ccoc3)cc2C(F)(F)F)n1. The summed E-state index contributed by atoms with van der Waals surface area (Å²) < 4.78 is 46.9. The molecule has 0 spiro atoms. The Balaban J connectivity index is 1.72. The van der Waals surface area contributed by atoms with Crippen molar-refractivity contribution in [3.8, 4) is 0 Å². The monoisotopic (exact) mass is 420 g/mol. The van der Waals surface area contributed by atoms with Gasteiger partial charge in [-0.25, -0.2) is 0 Å². The summed E-state index contributed by atoms with van der Waals surface area (Å²) in [4.78, 5) is 24.2. The number of anilines is 2. The van der Waals surface area contributed by atoms with Crippen molar-refractivity contribution in [1.82, 2.24) is 9.78 Å². The van der Waals surface area contributed by atoms with Crippen molar-refractivity contribution < 1.29 is 27.2 Å². The standard InChI is InChI=1S/C20H19F3N4O3/c1-12-9-13(2)27(26-12)7-5-18(28)25-17-4-3-15(10-16(17)20(21,22)23)24-19(29)14-6-8-30-11-14/h3-4,6,8-11H,5,7H2,1-2H3,(H,24,29)(H,25,28). The first-order valence-electron chi connectivity index (χ1n) is 8.99. The Labute approximate surface area is 169 Å². The second kappa shape index (κ2) is 8.44. The first-order valence-corrected chi connectivity index (χ1v) is 8.99. The van der Waals surface area contributed by atoms with E-state index in [9.17, 15) is 22.8 Å². The van der Waals surface area contributed by atoms with Crippen molar-refractivity contribution >= 4 is 23.2 Å². The van der Waals surface area contributed by atoms with Crippen LogP contribution >= 0.6 is 0 Å². The number of hydrogen-bond acceptors (Lipinski definition) is 4. The van der Waals surface area contributed by atoms with Crippen LogP contribution in [0.3, 0.4) is 0 Å². The Bertz CT molecular complexity index is 1060. The summed E-state index contributed by atoms with van der Waals surface area (Å²) in [6.07, 6.45) is -2.31. The van der Waals surface area contributed by atoms with Crippen LogP contribution in [0.25, 0.3) is 0 Å². The number of aryl methyl sites for hydroxylation is 3. The third-order valence-corrected chi connectivity index (χ3v) is 4.29. The fourth-order valence-corrected chi connectivity index (χ4v) is 2.88. The summed E-state index contributed by atoms with van der Waals surface area (Å²) in [7, 11) is 0. The van der Waals surface area contributed by atoms with Crippen LogP contribution in [-0.4, -0.2) is 21.6 Å². The number of rotatable bonds is 6. The average Bonchev–Trinajstić information content (AvgIpc) is 3.30. The molecule has 0 saturated carbocycles. The number of furan rings is 1. The Morgan fingerprint density at radius 3 is 2.50 bits per heavy atom. The first-order chi connectivity index (χ1) is 14.1. The van der Waals surface area contributed by atoms with Crippen molar-refractivity contribution in [3.05, 3.63) is 65.4 Å². The van der Waals surface area contributed by atoms with Crippen LogP contribution in [0.4, 0.5) is 24.5 Å². The largest absolute Gasteiger partial charge is 0.472 e. The maximum atomic E-state index is 13.5. The zero-order valence-corrected chi connectivity index (χ0v) is 16.2. The molecule has 0 aliphatic heterocycles. The second-order valence-corrected chi connectivity index (χ2v) is 6.67. The number of hydrogen-bond donors (Lipinski definition) is 2. The molecule has 2 amide bonds. The quantitative estimate of drug-likeness (QED) is 0.619. The molecule has 3 rings (SSSR count). The summed E-state index contributed by atoms with van der Waals surface area (Å²) in [5.74, 6) is -1.19. The van der Waals surface area contributed by atoms with Crippen LogP contribution in [0.1, 0.15) is 33.7 Å². The van der Waals surface area contributed by atoms with Gasteiger partial charge in [-0.05, 0) is 44.2 Å². The number of nitrogens with one attached hydrogen (secondary N) is 2. The Hall–Kier alpha value is -3.56. The number of benzene rings is 1. The van der Waals surface area contributed by atoms with E-state index in [1.165, 1.54) is 24.7 Å². The van der Waals surface area contributed by atoms with Gasteiger partial charge in [0.25, 0.3) is 5.91 Å². The van der Waals surface area contributed by atoms with Crippen molar-refractivity contribution in [2.24, 2.45) is 0 Å². The minimum atomic E-state index is -4.73. The molecule has 2 heterocycles. The lowest BCUT2D eigenvalue weighted by Gasteiger charge is -2.16. The molecule has 0 saturated heterocycles. The lowest BCUT2D eigenvalue weighted by atomic mass is 10.1. The third kappa shape index (κ3) is 5.07. The lowest BCUT2D eigenvalue weighted by Crippen LogP contribution is -2.19. The minimum Gasteiger partial charge on any atom is -0.472 e. The van der Waals surface area contributed by atoms with Gasteiger partial charge >= 0.3 is 6.18 Å². The highest BCUT2D eigenvalue weighted by Crippen LogP contribution is 2.36. The smallest absolute Gasteiger partial charge is 0.418 e. The molecular weight excluding hydrogens is 401 g/mol. The third-order valence-electron chi connectivity index (χ3n) is 4.29. The maximum Gasteiger partial charge on any atom is 0.418 e. The van der Waals surface area contributed by atoms with Gasteiger partial charge in [0.05, 0.1) is 28.8 Å². The second-order valence-electron chi connectivity index (χ2n) is 6.67. The van der Waals surface area contributed by atoms with E-state index in [0.29, 0.717) is 0 Å². The van der Waals surface area contributed by atoms with Crippen LogP contribution in [0.15, 0.2) is 47.3 Å². The fourth-order valence-electron chi connectivity index (χ4n) is 2.88. The van der Waals surface area contributed by atoms with E-state index in [1.807, 2.05) is 19.9 Å². The molecule has 0 radical (unpaired) electrons. The number of amides is 2. The van der Waals surface area contributed by atoms with E-state index in [-0.39, 0.29) is 29.9 Å². The molecular formula is C20H19F3N4O3. The van der Waals surface area contributed by atoms with Crippen molar-refractivity contribution in [1.29, 1.82) is 0 Å². The minimum absolute atomic E-state index is 0.0434. The van der Waals surface area contributed by atoms with E-state index in [4.69, 9.17) is 4.42 Å². The number of carbonyl (C=O) groups is 2. The Morgan fingerprint density at radius 2 is 1.90 bits per heavy atom. The Morgan fingerprint density at radius 1 is 1.13 bits per heavy atom. The van der Waals surface area contributed by atoms with Gasteiger partial charge < -0.3 is 15.1 Å². The van der Waals surface area contributed by atoms with Crippen LogP contribution in [0.2, 0.25) is 0 Å². The molecule has 158 valence electrons. The Kier molecular flexibility index (Phi) is 5.95. The average molecular weight is 420 g/mol. The van der Waals surface area contributed by atoms with Crippen LogP contribution in [0.5, 0.6) is 0 Å². The highest BCUT2D eigenvalue weighted by Gasteiger charge is 2.34. The molecule has 2 aromatic heterocycles. The molecule has 3 aromatic rings. The number of aromatic nitrogens is 2. The van der Waals surface area contributed by atoms with Gasteiger partial charge in [0.1, 0.15) is 6.26 Å². The van der Waals surface area contributed by atoms with E-state index in [2.05, 4.69) is 15.7 Å². The molecule has 10 heteroatoms. The van der Waals surface area contributed by atoms with Crippen LogP contribution in [0, 0.1) is 13.8 Å². The maximum absolute atomic E-state index is 13.5. The number of carbonyl (C=O) groups excluding carboxylic acids is 2. The van der Waals surface area contributed by atoms with Crippen molar-refractivity contribution in [2.45, 2.75) is 33.0 Å². The summed E-state index contributed by atoms with van der Waals surface area (Å²) >= 11 is 0. The van der Waals surface area contributed by atoms with Gasteiger partial charge in [-0.2, -0.15) is 18.3 Å². The highest BCUT2D eigenvalue weighted by molar-refractivity contribution is 6.04. The van der Waals surface area contributed by atoms with E-state index in [0.717, 1.165) is 23.5 Å². The molecule has 0 unspecified atom stereocenters. The van der Waals surface area contributed by atoms with E-state index in [1.54, 1.807) is 4.68 Å². The number of halogens is 3. The van der Waals surface area contributed by atoms with E-state index < -0.39 is 23.6 Å². The van der Waals surface area contributed by atoms with Gasteiger partial charge in [0, 0.05) is 24.3 Å². The van der Waals surface area contributed by atoms with Crippen LogP contribution < -0.4 is 10.6 Å². The predicted molar refractivity (Wildman–Crippen MR) is 103 cm³/mol. The van der Waals surface area contributed by atoms with Crippen molar-refractivity contribution in [2.75, 3.05) is 10.6 Å². The predicted octanol–water partition coefficient (Wildman–Crippen LogP) is 4.39. The molecule has 0 fully saturated rings. The highest BCUT2D eigenvalue weighted by atomic mass is 19.4. The lowest BCUT2D eigenvalue weighted by molar-refractivity contribution is -0.136. The van der Waals surface area contributed by atoms with Gasteiger partial charge in [0.15, 0.2) is 0 Å². The molecule has 0 aliphatic rings. The topological polar surface area (TPSA) is 89.2 Å². The molecule has 30 heavy (non-hydrogen) atoms. The summed E-state index contributed by atoms with van der Waals surface area (Å²) in [5, 5.41) is 8.88. The van der Waals surface area contributed by atoms with Gasteiger partial charge in [0.2, 0.25) is 5.91 Å². The number of nitrogens with zero attached hydrogens (tertiary/aromatic N) is 2. The normalized spacial score (nSPS) is 11.4. The number of alkyl halides is 3. The fraction of sp³-hybridized carbons (Fsp3) is 0.250. The van der Waals surface area contributed by atoms with Gasteiger partial charge in [-0.1, -0.05) is 0 Å². The first kappa shape index (κ1) is 21.2. The molecule has 0 atom stereocenters.